The molecule has 0 N–H and O–H groups in total. The van der Waals surface area contributed by atoms with E-state index < -0.39 is 0 Å². The molecule has 2 aromatic carbocycles. The molecule has 1 saturated heterocycles. The lowest BCUT2D eigenvalue weighted by atomic mass is 9.63. The molecule has 0 radical (unpaired) electrons. The number of hydrogen-bond donors (Lipinski definition) is 0. The van der Waals surface area contributed by atoms with Crippen molar-refractivity contribution in [1.82, 2.24) is 4.90 Å². The molecule has 0 aromatic heterocycles. The van der Waals surface area contributed by atoms with Crippen molar-refractivity contribution in [3.05, 3.63) is 65.2 Å². The summed E-state index contributed by atoms with van der Waals surface area (Å²) in [4.78, 5) is 6.00. The molecule has 4 atom stereocenters. The van der Waals surface area contributed by atoms with Gasteiger partial charge < -0.3 is 4.90 Å². The molecule has 3 fully saturated rings. The Bertz CT molecular complexity index is 1050. The number of rotatable bonds is 3. The van der Waals surface area contributed by atoms with Crippen LogP contribution in [0.4, 0.5) is 5.69 Å². The molecule has 2 nitrogen and oxygen atoms in total. The molecule has 3 unspecified atom stereocenters. The van der Waals surface area contributed by atoms with Gasteiger partial charge in [0.15, 0.2) is 0 Å². The number of para-hydroxylation sites is 1. The average molecular weight is 471 g/mol. The second-order valence-corrected chi connectivity index (χ2v) is 13.3. The second-order valence-electron chi connectivity index (χ2n) is 13.3. The van der Waals surface area contributed by atoms with E-state index in [1.807, 2.05) is 0 Å². The lowest BCUT2D eigenvalue weighted by molar-refractivity contribution is -0.0750. The molecule has 2 aliphatic heterocycles. The fourth-order valence-electron chi connectivity index (χ4n) is 9.14. The van der Waals surface area contributed by atoms with Crippen LogP contribution in [0.3, 0.4) is 0 Å². The maximum atomic E-state index is 3.15. The zero-order valence-corrected chi connectivity index (χ0v) is 22.8. The molecule has 2 heterocycles. The van der Waals surface area contributed by atoms with E-state index in [-0.39, 0.29) is 11.0 Å². The molecule has 2 saturated carbocycles. The second kappa shape index (κ2) is 8.65. The van der Waals surface area contributed by atoms with Gasteiger partial charge in [-0.15, -0.1) is 0 Å². The van der Waals surface area contributed by atoms with Crippen molar-refractivity contribution in [2.24, 2.45) is 17.3 Å². The van der Waals surface area contributed by atoms with Crippen molar-refractivity contribution in [3.8, 4) is 0 Å². The first-order valence-electron chi connectivity index (χ1n) is 14.6. The van der Waals surface area contributed by atoms with Gasteiger partial charge in [-0.2, -0.15) is 0 Å². The Morgan fingerprint density at radius 2 is 1.34 bits per heavy atom. The minimum absolute atomic E-state index is 0.145. The smallest absolute Gasteiger partial charge is 0.0886 e. The quantitative estimate of drug-likeness (QED) is 0.443. The first kappa shape index (κ1) is 23.6. The molecule has 0 spiro atoms. The normalized spacial score (nSPS) is 32.3. The zero-order chi connectivity index (χ0) is 24.4. The van der Waals surface area contributed by atoms with Crippen molar-refractivity contribution in [2.45, 2.75) is 116 Å². The van der Waals surface area contributed by atoms with Crippen molar-refractivity contribution >= 4 is 5.69 Å². The van der Waals surface area contributed by atoms with E-state index in [1.165, 1.54) is 69.0 Å². The average Bonchev–Trinajstić information content (AvgIpc) is 3.55. The van der Waals surface area contributed by atoms with Gasteiger partial charge in [0.2, 0.25) is 0 Å². The van der Waals surface area contributed by atoms with Gasteiger partial charge in [-0.3, -0.25) is 4.90 Å². The van der Waals surface area contributed by atoms with Crippen LogP contribution in [-0.2, 0) is 5.54 Å². The van der Waals surface area contributed by atoms with E-state index in [1.54, 1.807) is 11.1 Å². The molecular weight excluding hydrogens is 424 g/mol. The molecule has 4 aliphatic rings. The molecule has 6 rings (SSSR count). The van der Waals surface area contributed by atoms with Gasteiger partial charge in [-0.05, 0) is 79.5 Å². The van der Waals surface area contributed by atoms with Crippen LogP contribution in [0.15, 0.2) is 48.5 Å². The van der Waals surface area contributed by atoms with Crippen LogP contribution in [0.1, 0.15) is 108 Å². The number of hydrogen-bond acceptors (Lipinski definition) is 2. The highest BCUT2D eigenvalue weighted by Crippen LogP contribution is 2.66. The van der Waals surface area contributed by atoms with E-state index >= 15 is 0 Å². The molecule has 35 heavy (non-hydrogen) atoms. The molecule has 2 aliphatic carbocycles. The largest absolute Gasteiger partial charge is 0.350 e. The van der Waals surface area contributed by atoms with Crippen LogP contribution in [0, 0.1) is 24.2 Å². The lowest BCUT2D eigenvalue weighted by Gasteiger charge is -2.55. The minimum Gasteiger partial charge on any atom is -0.350 e. The third-order valence-corrected chi connectivity index (χ3v) is 10.2. The van der Waals surface area contributed by atoms with Crippen molar-refractivity contribution in [3.63, 3.8) is 0 Å². The topological polar surface area (TPSA) is 6.48 Å². The molecule has 2 heteroatoms. The van der Waals surface area contributed by atoms with Gasteiger partial charge in [0.1, 0.15) is 0 Å². The predicted octanol–water partition coefficient (Wildman–Crippen LogP) is 8.60. The van der Waals surface area contributed by atoms with E-state index in [9.17, 15) is 0 Å². The lowest BCUT2D eigenvalue weighted by Crippen LogP contribution is -2.60. The summed E-state index contributed by atoms with van der Waals surface area (Å²) in [5, 5.41) is 0. The molecule has 0 bridgehead atoms. The van der Waals surface area contributed by atoms with Crippen LogP contribution in [0.2, 0.25) is 0 Å². The zero-order valence-electron chi connectivity index (χ0n) is 22.8. The van der Waals surface area contributed by atoms with Crippen LogP contribution in [0.25, 0.3) is 0 Å². The summed E-state index contributed by atoms with van der Waals surface area (Å²) in [6.45, 7) is 12.3. The summed E-state index contributed by atoms with van der Waals surface area (Å²) >= 11 is 0. The van der Waals surface area contributed by atoms with Crippen molar-refractivity contribution in [1.29, 1.82) is 0 Å². The first-order chi connectivity index (χ1) is 16.9. The van der Waals surface area contributed by atoms with Crippen LogP contribution in [-0.4, -0.2) is 17.1 Å². The van der Waals surface area contributed by atoms with E-state index in [0.29, 0.717) is 18.2 Å². The highest BCUT2D eigenvalue weighted by Gasteiger charge is 2.66. The predicted molar refractivity (Wildman–Crippen MR) is 148 cm³/mol. The van der Waals surface area contributed by atoms with Gasteiger partial charge >= 0.3 is 0 Å². The van der Waals surface area contributed by atoms with Crippen molar-refractivity contribution in [2.75, 3.05) is 4.90 Å². The Morgan fingerprint density at radius 3 is 1.97 bits per heavy atom. The fourth-order valence-corrected chi connectivity index (χ4v) is 9.14. The third-order valence-electron chi connectivity index (χ3n) is 10.2. The Morgan fingerprint density at radius 1 is 0.771 bits per heavy atom. The maximum Gasteiger partial charge on any atom is 0.0886 e. The molecule has 2 aromatic rings. The number of anilines is 1. The highest BCUT2D eigenvalue weighted by atomic mass is 15.5. The summed E-state index contributed by atoms with van der Waals surface area (Å²) in [5.74, 6) is 1.56. The summed E-state index contributed by atoms with van der Waals surface area (Å²) < 4.78 is 0. The summed E-state index contributed by atoms with van der Waals surface area (Å²) in [5.41, 5.74) is 6.54. The van der Waals surface area contributed by atoms with E-state index in [2.05, 4.69) is 92.9 Å². The van der Waals surface area contributed by atoms with Crippen LogP contribution in [0.5, 0.6) is 0 Å². The first-order valence-corrected chi connectivity index (χ1v) is 14.6. The minimum atomic E-state index is 0.145. The molecule has 188 valence electrons. The summed E-state index contributed by atoms with van der Waals surface area (Å²) in [7, 11) is 0. The summed E-state index contributed by atoms with van der Waals surface area (Å²) in [6, 6.07) is 19.8. The third kappa shape index (κ3) is 3.38. The fraction of sp³-hybridized carbons (Fsp3) is 0.636. The number of nitrogens with zero attached hydrogens (tertiary/aromatic N) is 2. The van der Waals surface area contributed by atoms with Gasteiger partial charge in [-0.25, -0.2) is 0 Å². The Balaban J connectivity index is 1.62. The Kier molecular flexibility index (Phi) is 5.83. The number of fused-ring (bicyclic) bond motifs is 3. The van der Waals surface area contributed by atoms with E-state index in [4.69, 9.17) is 0 Å². The van der Waals surface area contributed by atoms with Gasteiger partial charge in [0.05, 0.1) is 17.7 Å². The Labute approximate surface area is 214 Å². The van der Waals surface area contributed by atoms with Crippen LogP contribution < -0.4 is 4.90 Å². The molecular formula is C33H46N2. The number of aryl methyl sites for hydroxylation is 1. The number of benzene rings is 2. The SMILES string of the molecule is Cc1ccccc1N1C(C(C)(C)C)N2C(c3ccccc3C2(C2CCCCC2)C2CCCC2)[C@@H]1C. The molecule has 0 amide bonds. The van der Waals surface area contributed by atoms with Crippen molar-refractivity contribution < 1.29 is 0 Å². The van der Waals surface area contributed by atoms with Gasteiger partial charge in [0.25, 0.3) is 0 Å². The van der Waals surface area contributed by atoms with E-state index in [0.717, 1.165) is 11.8 Å². The highest BCUT2D eigenvalue weighted by molar-refractivity contribution is 5.59. The van der Waals surface area contributed by atoms with Gasteiger partial charge in [0, 0.05) is 11.7 Å². The maximum absolute atomic E-state index is 3.15. The summed E-state index contributed by atoms with van der Waals surface area (Å²) in [6.07, 6.45) is 13.1. The van der Waals surface area contributed by atoms with Crippen LogP contribution >= 0.6 is 0 Å². The monoisotopic (exact) mass is 470 g/mol. The standard InChI is InChI=1S/C33H46N2/c1-23-15-9-14-22-29(23)34-24(2)30-27-20-12-13-21-28(27)33(26-18-10-11-19-26,25-16-7-6-8-17-25)35(30)31(34)32(3,4)5/h9,12-15,20-22,24-26,30-31H,6-8,10-11,16-19H2,1-5H3/t24-,30?,31?,33?/m0/s1. The van der Waals surface area contributed by atoms with Gasteiger partial charge in [-0.1, -0.05) is 95.3 Å². The Hall–Kier alpha value is -1.80.